The summed E-state index contributed by atoms with van der Waals surface area (Å²) in [6.07, 6.45) is 4.27. The third kappa shape index (κ3) is 3.61. The van der Waals surface area contributed by atoms with E-state index in [2.05, 4.69) is 30.9 Å². The molecule has 7 nitrogen and oxygen atoms in total. The van der Waals surface area contributed by atoms with E-state index in [-0.39, 0.29) is 5.91 Å². The van der Waals surface area contributed by atoms with Gasteiger partial charge in [0.25, 0.3) is 5.91 Å². The number of carbonyl (C=O) groups excluding carboxylic acids is 1. The zero-order valence-corrected chi connectivity index (χ0v) is 14.1. The molecule has 2 aliphatic heterocycles. The summed E-state index contributed by atoms with van der Waals surface area (Å²) < 4.78 is 0. The first-order valence-electron chi connectivity index (χ1n) is 8.46. The Hall–Kier alpha value is -3.48. The molecule has 0 spiro atoms. The Balaban J connectivity index is 1.70. The molecule has 7 heteroatoms. The van der Waals surface area contributed by atoms with Gasteiger partial charge in [-0.05, 0) is 48.9 Å². The van der Waals surface area contributed by atoms with E-state index in [1.54, 1.807) is 24.5 Å². The van der Waals surface area contributed by atoms with Gasteiger partial charge < -0.3 is 16.0 Å². The fourth-order valence-electron chi connectivity index (χ4n) is 2.71. The van der Waals surface area contributed by atoms with Gasteiger partial charge in [0.1, 0.15) is 5.82 Å². The molecule has 2 aromatic heterocycles. The molecule has 0 saturated carbocycles. The molecule has 130 valence electrons. The third-order valence-corrected chi connectivity index (χ3v) is 4.06. The maximum absolute atomic E-state index is 12.2. The average molecular weight is 346 g/mol. The average Bonchev–Trinajstić information content (AvgIpc) is 2.68. The van der Waals surface area contributed by atoms with Crippen LogP contribution in [-0.2, 0) is 0 Å². The number of carbonyl (C=O) groups is 1. The van der Waals surface area contributed by atoms with Crippen LogP contribution in [0, 0.1) is 0 Å². The summed E-state index contributed by atoms with van der Waals surface area (Å²) in [6, 6.07) is 13.0. The van der Waals surface area contributed by atoms with Gasteiger partial charge in [-0.25, -0.2) is 15.0 Å². The van der Waals surface area contributed by atoms with Crippen molar-refractivity contribution in [1.29, 1.82) is 0 Å². The van der Waals surface area contributed by atoms with Crippen LogP contribution in [0.3, 0.4) is 0 Å². The highest BCUT2D eigenvalue weighted by Gasteiger charge is 2.08. The summed E-state index contributed by atoms with van der Waals surface area (Å²) in [4.78, 5) is 25.3. The van der Waals surface area contributed by atoms with Crippen LogP contribution >= 0.6 is 0 Å². The molecule has 0 saturated heterocycles. The molecule has 1 amide bonds. The first-order valence-corrected chi connectivity index (χ1v) is 8.46. The van der Waals surface area contributed by atoms with Crippen molar-refractivity contribution in [2.24, 2.45) is 0 Å². The van der Waals surface area contributed by atoms with Gasteiger partial charge in [-0.1, -0.05) is 0 Å². The molecule has 0 radical (unpaired) electrons. The van der Waals surface area contributed by atoms with Crippen LogP contribution < -0.4 is 16.0 Å². The summed E-state index contributed by atoms with van der Waals surface area (Å²) >= 11 is 0. The maximum Gasteiger partial charge on any atom is 0.251 e. The highest BCUT2D eigenvalue weighted by molar-refractivity contribution is 5.94. The van der Waals surface area contributed by atoms with Crippen molar-refractivity contribution >= 4 is 23.4 Å². The van der Waals surface area contributed by atoms with E-state index in [1.807, 2.05) is 30.3 Å². The molecule has 3 N–H and O–H groups in total. The third-order valence-electron chi connectivity index (χ3n) is 4.06. The lowest BCUT2D eigenvalue weighted by Gasteiger charge is -2.08. The quantitative estimate of drug-likeness (QED) is 0.580. The molecule has 0 fully saturated rings. The molecule has 6 bridgehead atoms. The lowest BCUT2D eigenvalue weighted by Crippen LogP contribution is -2.25. The Morgan fingerprint density at radius 3 is 2.54 bits per heavy atom. The van der Waals surface area contributed by atoms with Crippen molar-refractivity contribution in [2.75, 3.05) is 23.7 Å². The van der Waals surface area contributed by atoms with Crippen molar-refractivity contribution in [3.8, 4) is 11.3 Å². The van der Waals surface area contributed by atoms with Crippen molar-refractivity contribution in [3.05, 3.63) is 60.4 Å². The number of aromatic nitrogens is 3. The fraction of sp³-hybridized carbons (Fsp3) is 0.158. The van der Waals surface area contributed by atoms with Gasteiger partial charge in [-0.15, -0.1) is 0 Å². The van der Waals surface area contributed by atoms with E-state index in [1.165, 1.54) is 0 Å². The summed E-state index contributed by atoms with van der Waals surface area (Å²) in [5.74, 6) is 1.19. The Labute approximate surface area is 150 Å². The van der Waals surface area contributed by atoms with Gasteiger partial charge >= 0.3 is 0 Å². The molecule has 4 heterocycles. The second-order valence-corrected chi connectivity index (χ2v) is 5.93. The van der Waals surface area contributed by atoms with E-state index in [9.17, 15) is 4.79 Å². The molecule has 2 aliphatic rings. The standard InChI is InChI=1S/C19H18N6O/c26-18-13-2-4-15(5-3-13)24-19-23-11-7-16(25-19)14-6-10-21-17(12-14)20-8-1-9-22-18/h2-7,10-12H,1,8-9H2,(H,20,21)(H,22,26)(H,23,24,25). The largest absolute Gasteiger partial charge is 0.370 e. The molecule has 5 rings (SSSR count). The Kier molecular flexibility index (Phi) is 4.42. The predicted octanol–water partition coefficient (Wildman–Crippen LogP) is 2.83. The second-order valence-electron chi connectivity index (χ2n) is 5.93. The lowest BCUT2D eigenvalue weighted by atomic mass is 10.2. The molecule has 0 atom stereocenters. The first kappa shape index (κ1) is 16.0. The number of benzene rings is 1. The smallest absolute Gasteiger partial charge is 0.251 e. The van der Waals surface area contributed by atoms with Gasteiger partial charge in [0.05, 0.1) is 5.69 Å². The molecule has 3 aromatic rings. The van der Waals surface area contributed by atoms with E-state index >= 15 is 0 Å². The van der Waals surface area contributed by atoms with Crippen LogP contribution in [0.25, 0.3) is 11.3 Å². The van der Waals surface area contributed by atoms with Crippen LogP contribution in [0.15, 0.2) is 54.9 Å². The second kappa shape index (κ2) is 7.18. The lowest BCUT2D eigenvalue weighted by molar-refractivity contribution is 0.0953. The zero-order valence-electron chi connectivity index (χ0n) is 14.1. The molecule has 1 aromatic carbocycles. The van der Waals surface area contributed by atoms with Gasteiger partial charge in [0, 0.05) is 42.3 Å². The maximum atomic E-state index is 12.2. The molecule has 26 heavy (non-hydrogen) atoms. The predicted molar refractivity (Wildman–Crippen MR) is 100 cm³/mol. The number of rotatable bonds is 0. The number of anilines is 3. The minimum absolute atomic E-state index is 0.0840. The van der Waals surface area contributed by atoms with Gasteiger partial charge in [-0.2, -0.15) is 0 Å². The molecule has 0 unspecified atom stereocenters. The van der Waals surface area contributed by atoms with Crippen molar-refractivity contribution in [1.82, 2.24) is 20.3 Å². The summed E-state index contributed by atoms with van der Waals surface area (Å²) in [7, 11) is 0. The highest BCUT2D eigenvalue weighted by Crippen LogP contribution is 2.21. The zero-order chi connectivity index (χ0) is 17.8. The number of nitrogens with one attached hydrogen (secondary N) is 3. The van der Waals surface area contributed by atoms with Crippen LogP contribution in [0.5, 0.6) is 0 Å². The number of amides is 1. The number of hydrogen-bond donors (Lipinski definition) is 3. The topological polar surface area (TPSA) is 91.8 Å². The van der Waals surface area contributed by atoms with E-state index in [0.29, 0.717) is 24.6 Å². The monoisotopic (exact) mass is 346 g/mol. The van der Waals surface area contributed by atoms with Crippen LogP contribution in [0.2, 0.25) is 0 Å². The highest BCUT2D eigenvalue weighted by atomic mass is 16.1. The van der Waals surface area contributed by atoms with Gasteiger partial charge in [-0.3, -0.25) is 4.79 Å². The van der Waals surface area contributed by atoms with Crippen LogP contribution in [0.1, 0.15) is 16.8 Å². The molecular formula is C19H18N6O. The number of nitrogens with zero attached hydrogens (tertiary/aromatic N) is 3. The SMILES string of the molecule is O=C1NCCCNc2cc(ccn2)-c2ccnc(n2)Nc2ccc1cc2. The van der Waals surface area contributed by atoms with Crippen molar-refractivity contribution in [2.45, 2.75) is 6.42 Å². The number of hydrogen-bond acceptors (Lipinski definition) is 6. The van der Waals surface area contributed by atoms with E-state index < -0.39 is 0 Å². The first-order chi connectivity index (χ1) is 12.8. The van der Waals surface area contributed by atoms with Crippen molar-refractivity contribution < 1.29 is 4.79 Å². The van der Waals surface area contributed by atoms with Crippen LogP contribution in [-0.4, -0.2) is 33.9 Å². The Morgan fingerprint density at radius 1 is 0.846 bits per heavy atom. The number of fused-ring (bicyclic) bond motifs is 7. The summed E-state index contributed by atoms with van der Waals surface area (Å²) in [5, 5.41) is 9.36. The Morgan fingerprint density at radius 2 is 1.65 bits per heavy atom. The Bertz CT molecular complexity index is 925. The minimum Gasteiger partial charge on any atom is -0.370 e. The minimum atomic E-state index is -0.0840. The van der Waals surface area contributed by atoms with Crippen molar-refractivity contribution in [3.63, 3.8) is 0 Å². The van der Waals surface area contributed by atoms with E-state index in [4.69, 9.17) is 0 Å². The number of pyridine rings is 1. The van der Waals surface area contributed by atoms with Gasteiger partial charge in [0.2, 0.25) is 5.95 Å². The van der Waals surface area contributed by atoms with Gasteiger partial charge in [0.15, 0.2) is 0 Å². The van der Waals surface area contributed by atoms with Crippen LogP contribution in [0.4, 0.5) is 17.5 Å². The molecule has 0 aliphatic carbocycles. The normalized spacial score (nSPS) is 13.9. The summed E-state index contributed by atoms with van der Waals surface area (Å²) in [5.41, 5.74) is 3.21. The summed E-state index contributed by atoms with van der Waals surface area (Å²) in [6.45, 7) is 1.31. The molecular weight excluding hydrogens is 328 g/mol. The van der Waals surface area contributed by atoms with E-state index in [0.717, 1.165) is 29.2 Å². The fourth-order valence-corrected chi connectivity index (χ4v) is 2.71.